The number of hydrogen-bond donors (Lipinski definition) is 2. The Morgan fingerprint density at radius 3 is 2.00 bits per heavy atom. The van der Waals surface area contributed by atoms with Crippen LogP contribution in [0.25, 0.3) is 6.08 Å². The number of aryl methyl sites for hydroxylation is 1. The van der Waals surface area contributed by atoms with Crippen molar-refractivity contribution < 1.29 is 10.0 Å². The van der Waals surface area contributed by atoms with E-state index in [2.05, 4.69) is 37.8 Å². The highest BCUT2D eigenvalue weighted by Gasteiger charge is 1.82. The summed E-state index contributed by atoms with van der Waals surface area (Å²) in [5, 5.41) is 14.0. The Balaban J connectivity index is 0.000000354. The summed E-state index contributed by atoms with van der Waals surface area (Å²) in [6.07, 6.45) is 1.85. The third kappa shape index (κ3) is 4.71. The van der Waals surface area contributed by atoms with Gasteiger partial charge in [0.2, 0.25) is 0 Å². The lowest BCUT2D eigenvalue weighted by Gasteiger charge is -1.91. The lowest BCUT2D eigenvalue weighted by molar-refractivity contribution is 0.448. The van der Waals surface area contributed by atoms with Crippen LogP contribution in [0.5, 0.6) is 0 Å². The summed E-state index contributed by atoms with van der Waals surface area (Å²) in [5.41, 5.74) is 2.47. The summed E-state index contributed by atoms with van der Waals surface area (Å²) < 4.78 is 0. The molecule has 1 aromatic carbocycles. The summed E-state index contributed by atoms with van der Waals surface area (Å²) >= 11 is 0. The Bertz CT molecular complexity index is 218. The molecular weight excluding hydrogens is 151 g/mol. The van der Waals surface area contributed by atoms with Gasteiger partial charge in [0.05, 0.1) is 0 Å². The third-order valence-corrected chi connectivity index (χ3v) is 1.31. The van der Waals surface area contributed by atoms with Crippen LogP contribution >= 0.6 is 0 Å². The first-order chi connectivity index (χ1) is 5.74. The highest BCUT2D eigenvalue weighted by Crippen LogP contribution is 2.02. The Labute approximate surface area is 73.5 Å². The van der Waals surface area contributed by atoms with Crippen molar-refractivity contribution in [3.63, 3.8) is 0 Å². The molecule has 0 saturated carbocycles. The van der Waals surface area contributed by atoms with Gasteiger partial charge in [0.25, 0.3) is 0 Å². The third-order valence-electron chi connectivity index (χ3n) is 1.31. The van der Waals surface area contributed by atoms with E-state index in [1.807, 2.05) is 6.08 Å². The summed E-state index contributed by atoms with van der Waals surface area (Å²) in [4.78, 5) is 0. The summed E-state index contributed by atoms with van der Waals surface area (Å²) in [5.74, 6) is 0. The van der Waals surface area contributed by atoms with Crippen LogP contribution in [0.3, 0.4) is 0 Å². The van der Waals surface area contributed by atoms with Crippen LogP contribution in [0.2, 0.25) is 0 Å². The zero-order chi connectivity index (χ0) is 9.40. The molecule has 0 unspecified atom stereocenters. The van der Waals surface area contributed by atoms with E-state index in [-0.39, 0.29) is 7.69 Å². The van der Waals surface area contributed by atoms with Crippen molar-refractivity contribution >= 4 is 13.8 Å². The maximum atomic E-state index is 7.00. The Kier molecular flexibility index (Phi) is 6.06. The molecule has 0 saturated heterocycles. The molecule has 12 heavy (non-hydrogen) atoms. The van der Waals surface area contributed by atoms with Crippen LogP contribution < -0.4 is 0 Å². The summed E-state index contributed by atoms with van der Waals surface area (Å²) in [7, 11) is 0. The molecular formula is C9H12BO2. The Hall–Kier alpha value is -1.06. The number of hydrogen-bond acceptors (Lipinski definition) is 2. The minimum atomic E-state index is 0. The highest BCUT2D eigenvalue weighted by molar-refractivity contribution is 6.13. The predicted molar refractivity (Wildman–Crippen MR) is 51.5 cm³/mol. The molecule has 63 valence electrons. The Morgan fingerprint density at radius 1 is 1.25 bits per heavy atom. The van der Waals surface area contributed by atoms with Gasteiger partial charge >= 0.3 is 7.69 Å². The maximum Gasteiger partial charge on any atom is 0.482 e. The van der Waals surface area contributed by atoms with Gasteiger partial charge in [-0.2, -0.15) is 0 Å². The largest absolute Gasteiger partial charge is 0.482 e. The summed E-state index contributed by atoms with van der Waals surface area (Å²) in [6, 6.07) is 8.28. The molecule has 0 atom stereocenters. The molecule has 0 heterocycles. The second-order valence-electron chi connectivity index (χ2n) is 2.23. The van der Waals surface area contributed by atoms with E-state index < -0.39 is 0 Å². The van der Waals surface area contributed by atoms with Gasteiger partial charge in [-0.15, -0.1) is 0 Å². The fraction of sp³-hybridized carbons (Fsp3) is 0.111. The zero-order valence-corrected chi connectivity index (χ0v) is 7.07. The minimum absolute atomic E-state index is 0. The van der Waals surface area contributed by atoms with Gasteiger partial charge < -0.3 is 10.0 Å². The van der Waals surface area contributed by atoms with Crippen molar-refractivity contribution in [2.75, 3.05) is 0 Å². The monoisotopic (exact) mass is 163 g/mol. The van der Waals surface area contributed by atoms with E-state index >= 15 is 0 Å². The van der Waals surface area contributed by atoms with Gasteiger partial charge in [-0.3, -0.25) is 0 Å². The normalized spacial score (nSPS) is 7.92. The molecule has 0 aliphatic rings. The molecule has 0 fully saturated rings. The van der Waals surface area contributed by atoms with Crippen LogP contribution in [0, 0.1) is 6.92 Å². The molecule has 1 aromatic rings. The van der Waals surface area contributed by atoms with E-state index in [1.54, 1.807) is 0 Å². The molecule has 1 radical (unpaired) electrons. The first kappa shape index (κ1) is 10.9. The van der Waals surface area contributed by atoms with Gasteiger partial charge in [0.1, 0.15) is 0 Å². The maximum absolute atomic E-state index is 7.00. The molecule has 0 bridgehead atoms. The van der Waals surface area contributed by atoms with Crippen molar-refractivity contribution in [3.05, 3.63) is 42.0 Å². The lowest BCUT2D eigenvalue weighted by atomic mass is 10.2. The molecule has 0 amide bonds. The summed E-state index contributed by atoms with van der Waals surface area (Å²) in [6.45, 7) is 5.74. The first-order valence-electron chi connectivity index (χ1n) is 3.53. The predicted octanol–water partition coefficient (Wildman–Crippen LogP) is 1.14. The van der Waals surface area contributed by atoms with Crippen LogP contribution in [0.15, 0.2) is 30.8 Å². The molecule has 1 rings (SSSR count). The molecule has 0 spiro atoms. The number of rotatable bonds is 1. The molecule has 3 heteroatoms. The van der Waals surface area contributed by atoms with Crippen molar-refractivity contribution in [1.82, 2.24) is 0 Å². The fourth-order valence-electron chi connectivity index (χ4n) is 0.703. The Morgan fingerprint density at radius 2 is 1.67 bits per heavy atom. The fourth-order valence-corrected chi connectivity index (χ4v) is 0.703. The second-order valence-corrected chi connectivity index (χ2v) is 2.23. The topological polar surface area (TPSA) is 40.5 Å². The molecule has 0 aliphatic heterocycles. The lowest BCUT2D eigenvalue weighted by Crippen LogP contribution is -1.75. The van der Waals surface area contributed by atoms with Crippen LogP contribution in [-0.4, -0.2) is 17.7 Å². The molecule has 0 aliphatic carbocycles. The van der Waals surface area contributed by atoms with Crippen molar-refractivity contribution in [1.29, 1.82) is 0 Å². The molecule has 2 nitrogen and oxygen atoms in total. The van der Waals surface area contributed by atoms with E-state index in [4.69, 9.17) is 10.0 Å². The van der Waals surface area contributed by atoms with E-state index in [9.17, 15) is 0 Å². The SMILES string of the molecule is C=Cc1ccc(C)cc1.O[B]O. The standard InChI is InChI=1S/C9H10.BH2O2/c1-3-9-6-4-8(2)5-7-9;2-1-3/h3-7H,1H2,2H3;2-3H. The van der Waals surface area contributed by atoms with Gasteiger partial charge in [-0.25, -0.2) is 0 Å². The van der Waals surface area contributed by atoms with E-state index in [1.165, 1.54) is 11.1 Å². The van der Waals surface area contributed by atoms with Gasteiger partial charge in [-0.1, -0.05) is 42.5 Å². The first-order valence-corrected chi connectivity index (χ1v) is 3.53. The van der Waals surface area contributed by atoms with Crippen LogP contribution in [0.4, 0.5) is 0 Å². The van der Waals surface area contributed by atoms with Crippen molar-refractivity contribution in [3.8, 4) is 0 Å². The average molecular weight is 163 g/mol. The zero-order valence-electron chi connectivity index (χ0n) is 7.07. The molecule has 0 aromatic heterocycles. The van der Waals surface area contributed by atoms with Crippen molar-refractivity contribution in [2.45, 2.75) is 6.92 Å². The van der Waals surface area contributed by atoms with Crippen LogP contribution in [0.1, 0.15) is 11.1 Å². The van der Waals surface area contributed by atoms with Gasteiger partial charge in [0, 0.05) is 0 Å². The minimum Gasteiger partial charge on any atom is -0.429 e. The van der Waals surface area contributed by atoms with Crippen molar-refractivity contribution in [2.24, 2.45) is 0 Å². The van der Waals surface area contributed by atoms with Crippen LogP contribution in [-0.2, 0) is 0 Å². The average Bonchev–Trinajstić information content (AvgIpc) is 2.07. The van der Waals surface area contributed by atoms with E-state index in [0.717, 1.165) is 0 Å². The highest BCUT2D eigenvalue weighted by atomic mass is 16.4. The van der Waals surface area contributed by atoms with Gasteiger partial charge in [-0.05, 0) is 12.5 Å². The van der Waals surface area contributed by atoms with Gasteiger partial charge in [0.15, 0.2) is 0 Å². The van der Waals surface area contributed by atoms with E-state index in [0.29, 0.717) is 0 Å². The number of benzene rings is 1. The second kappa shape index (κ2) is 6.64. The molecule has 2 N–H and O–H groups in total. The smallest absolute Gasteiger partial charge is 0.429 e. The quantitative estimate of drug-likeness (QED) is 0.609.